The number of nitrogens with two attached hydrogens (primary N) is 2. The first-order valence-corrected chi connectivity index (χ1v) is 6.87. The molecule has 2 aromatic rings. The molecule has 0 aromatic carbocycles. The molecule has 0 aliphatic rings. The lowest BCUT2D eigenvalue weighted by atomic mass is 10.4. The quantitative estimate of drug-likeness (QED) is 0.336. The second-order valence-corrected chi connectivity index (χ2v) is 4.88. The first-order valence-electron chi connectivity index (χ1n) is 6.87. The summed E-state index contributed by atoms with van der Waals surface area (Å²) >= 11 is 0. The molecule has 2 unspecified atom stereocenters. The smallest absolute Gasteiger partial charge is 0.224 e. The molecular weight excluding hydrogens is 308 g/mol. The van der Waals surface area contributed by atoms with E-state index in [9.17, 15) is 5.11 Å². The Hall–Kier alpha value is -2.05. The first kappa shape index (κ1) is 17.3. The molecule has 11 nitrogen and oxygen atoms in total. The van der Waals surface area contributed by atoms with Crippen LogP contribution in [0.2, 0.25) is 0 Å². The van der Waals surface area contributed by atoms with E-state index in [1.165, 1.54) is 6.33 Å². The van der Waals surface area contributed by atoms with Crippen LogP contribution in [0.4, 0.5) is 11.8 Å². The molecule has 128 valence electrons. The highest BCUT2D eigenvalue weighted by Crippen LogP contribution is 2.16. The first-order chi connectivity index (χ1) is 11.0. The molecule has 0 amide bonds. The largest absolute Gasteiger partial charge is 0.394 e. The van der Waals surface area contributed by atoms with Gasteiger partial charge in [-0.25, -0.2) is 4.98 Å². The molecule has 2 rings (SSSR count). The van der Waals surface area contributed by atoms with Gasteiger partial charge in [0.05, 0.1) is 32.8 Å². The molecule has 2 heterocycles. The molecule has 0 radical (unpaired) electrons. The summed E-state index contributed by atoms with van der Waals surface area (Å²) < 4.78 is 12.0. The van der Waals surface area contributed by atoms with Crippen LogP contribution in [0, 0.1) is 0 Å². The molecule has 0 saturated carbocycles. The van der Waals surface area contributed by atoms with Gasteiger partial charge in [0.25, 0.3) is 0 Å². The standard InChI is InChI=1S/C12H20N6O5/c13-10-9-11(17-12(14)16-10)18(5-15-9)6-23-4-8(21)3-22-2-7(20)1-19/h5,7-8,19-21H,1-4,6H2,(H4,13,14,16,17). The Morgan fingerprint density at radius 3 is 2.52 bits per heavy atom. The van der Waals surface area contributed by atoms with E-state index >= 15 is 0 Å². The van der Waals surface area contributed by atoms with Crippen molar-refractivity contribution in [3.63, 3.8) is 0 Å². The van der Waals surface area contributed by atoms with Gasteiger partial charge in [0.15, 0.2) is 11.5 Å². The van der Waals surface area contributed by atoms with E-state index in [4.69, 9.17) is 31.2 Å². The molecule has 0 aliphatic heterocycles. The number of aliphatic hydroxyl groups is 3. The second-order valence-electron chi connectivity index (χ2n) is 4.88. The summed E-state index contributed by atoms with van der Waals surface area (Å²) in [5.74, 6) is 0.217. The highest BCUT2D eigenvalue weighted by molar-refractivity contribution is 5.82. The maximum absolute atomic E-state index is 9.68. The minimum atomic E-state index is -0.962. The number of ether oxygens (including phenoxy) is 2. The zero-order chi connectivity index (χ0) is 16.8. The van der Waals surface area contributed by atoms with Crippen LogP contribution in [0.5, 0.6) is 0 Å². The van der Waals surface area contributed by atoms with Crippen molar-refractivity contribution in [2.24, 2.45) is 0 Å². The number of anilines is 2. The normalized spacial score (nSPS) is 14.2. The molecule has 11 heteroatoms. The molecule has 2 aromatic heterocycles. The zero-order valence-electron chi connectivity index (χ0n) is 12.4. The summed E-state index contributed by atoms with van der Waals surface area (Å²) in [6.07, 6.45) is -0.355. The minimum absolute atomic E-state index is 0.00490. The predicted octanol–water partition coefficient (Wildman–Crippen LogP) is -2.30. The lowest BCUT2D eigenvalue weighted by Crippen LogP contribution is -2.26. The van der Waals surface area contributed by atoms with Crippen molar-refractivity contribution in [3.05, 3.63) is 6.33 Å². The fourth-order valence-corrected chi connectivity index (χ4v) is 1.81. The van der Waals surface area contributed by atoms with Crippen molar-refractivity contribution < 1.29 is 24.8 Å². The fraction of sp³-hybridized carbons (Fsp3) is 0.583. The van der Waals surface area contributed by atoms with Crippen LogP contribution < -0.4 is 11.5 Å². The van der Waals surface area contributed by atoms with Gasteiger partial charge in [-0.3, -0.25) is 4.57 Å². The van der Waals surface area contributed by atoms with Crippen molar-refractivity contribution in [2.45, 2.75) is 18.9 Å². The van der Waals surface area contributed by atoms with E-state index in [1.54, 1.807) is 4.57 Å². The van der Waals surface area contributed by atoms with Gasteiger partial charge in [-0.1, -0.05) is 0 Å². The lowest BCUT2D eigenvalue weighted by molar-refractivity contribution is -0.0567. The Balaban J connectivity index is 1.80. The van der Waals surface area contributed by atoms with E-state index in [0.29, 0.717) is 11.2 Å². The Labute approximate surface area is 131 Å². The molecule has 0 saturated heterocycles. The number of imidazole rings is 1. The topological polar surface area (TPSA) is 175 Å². The van der Waals surface area contributed by atoms with Gasteiger partial charge >= 0.3 is 0 Å². The van der Waals surface area contributed by atoms with Crippen LogP contribution in [0.1, 0.15) is 0 Å². The Morgan fingerprint density at radius 2 is 1.78 bits per heavy atom. The van der Waals surface area contributed by atoms with Crippen molar-refractivity contribution in [1.29, 1.82) is 0 Å². The van der Waals surface area contributed by atoms with Gasteiger partial charge in [0, 0.05) is 0 Å². The summed E-state index contributed by atoms with van der Waals surface area (Å²) in [6.45, 7) is -0.388. The van der Waals surface area contributed by atoms with Gasteiger partial charge in [-0.15, -0.1) is 0 Å². The second kappa shape index (κ2) is 7.99. The van der Waals surface area contributed by atoms with Crippen LogP contribution in [0.25, 0.3) is 11.2 Å². The summed E-state index contributed by atoms with van der Waals surface area (Å²) in [6, 6.07) is 0. The Morgan fingerprint density at radius 1 is 1.09 bits per heavy atom. The molecule has 0 fully saturated rings. The maximum Gasteiger partial charge on any atom is 0.224 e. The van der Waals surface area contributed by atoms with Crippen molar-refractivity contribution >= 4 is 22.9 Å². The molecule has 0 aliphatic carbocycles. The Kier molecular flexibility index (Phi) is 6.01. The van der Waals surface area contributed by atoms with E-state index in [1.807, 2.05) is 0 Å². The molecule has 0 spiro atoms. The van der Waals surface area contributed by atoms with Gasteiger partial charge < -0.3 is 36.3 Å². The number of aromatic nitrogens is 4. The van der Waals surface area contributed by atoms with Crippen LogP contribution >= 0.6 is 0 Å². The number of nitrogen functional groups attached to an aromatic ring is 2. The van der Waals surface area contributed by atoms with Gasteiger partial charge in [0.1, 0.15) is 24.5 Å². The fourth-order valence-electron chi connectivity index (χ4n) is 1.81. The van der Waals surface area contributed by atoms with E-state index in [2.05, 4.69) is 15.0 Å². The summed E-state index contributed by atoms with van der Waals surface area (Å²) in [7, 11) is 0. The molecule has 2 atom stereocenters. The number of hydrogen-bond acceptors (Lipinski definition) is 10. The number of hydrogen-bond donors (Lipinski definition) is 5. The summed E-state index contributed by atoms with van der Waals surface area (Å²) in [4.78, 5) is 11.9. The van der Waals surface area contributed by atoms with Gasteiger partial charge in [0.2, 0.25) is 5.95 Å². The van der Waals surface area contributed by atoms with Crippen molar-refractivity contribution in [1.82, 2.24) is 19.5 Å². The molecule has 23 heavy (non-hydrogen) atoms. The third-order valence-electron chi connectivity index (χ3n) is 2.88. The highest BCUT2D eigenvalue weighted by atomic mass is 16.5. The van der Waals surface area contributed by atoms with E-state index in [0.717, 1.165) is 0 Å². The highest BCUT2D eigenvalue weighted by Gasteiger charge is 2.11. The summed E-state index contributed by atoms with van der Waals surface area (Å²) in [5.41, 5.74) is 12.1. The van der Waals surface area contributed by atoms with Gasteiger partial charge in [-0.2, -0.15) is 9.97 Å². The zero-order valence-corrected chi connectivity index (χ0v) is 12.4. The van der Waals surface area contributed by atoms with Crippen LogP contribution in [-0.4, -0.2) is 73.5 Å². The lowest BCUT2D eigenvalue weighted by Gasteiger charge is -2.13. The maximum atomic E-state index is 9.68. The summed E-state index contributed by atoms with van der Waals surface area (Å²) in [5, 5.41) is 27.4. The monoisotopic (exact) mass is 328 g/mol. The molecular formula is C12H20N6O5. The van der Waals surface area contributed by atoms with Crippen LogP contribution in [0.3, 0.4) is 0 Å². The number of nitrogens with zero attached hydrogens (tertiary/aromatic N) is 4. The Bertz CT molecular complexity index is 636. The van der Waals surface area contributed by atoms with Crippen molar-refractivity contribution in [2.75, 3.05) is 37.9 Å². The minimum Gasteiger partial charge on any atom is -0.394 e. The predicted molar refractivity (Wildman–Crippen MR) is 80.0 cm³/mol. The average Bonchev–Trinajstić information content (AvgIpc) is 2.90. The number of rotatable bonds is 9. The average molecular weight is 328 g/mol. The molecule has 7 N–H and O–H groups in total. The van der Waals surface area contributed by atoms with E-state index in [-0.39, 0.29) is 38.3 Å². The third-order valence-corrected chi connectivity index (χ3v) is 2.88. The number of fused-ring (bicyclic) bond motifs is 1. The third kappa shape index (κ3) is 4.71. The van der Waals surface area contributed by atoms with Crippen molar-refractivity contribution in [3.8, 4) is 0 Å². The van der Waals surface area contributed by atoms with Gasteiger partial charge in [-0.05, 0) is 0 Å². The number of aliphatic hydroxyl groups excluding tert-OH is 3. The van der Waals surface area contributed by atoms with Crippen LogP contribution in [0.15, 0.2) is 6.33 Å². The van der Waals surface area contributed by atoms with Crippen LogP contribution in [-0.2, 0) is 16.2 Å². The molecule has 0 bridgehead atoms. The van der Waals surface area contributed by atoms with E-state index < -0.39 is 18.8 Å². The SMILES string of the molecule is Nc1nc(N)c2ncn(COCC(O)COCC(O)CO)c2n1.